The molecular formula is C15H19ClN2OS. The van der Waals surface area contributed by atoms with Crippen molar-refractivity contribution in [2.75, 3.05) is 5.32 Å². The first kappa shape index (κ1) is 16.7. The zero-order chi connectivity index (χ0) is 13.7. The van der Waals surface area contributed by atoms with Crippen molar-refractivity contribution in [3.8, 4) is 10.4 Å². The molecule has 1 unspecified atom stereocenters. The minimum absolute atomic E-state index is 0. The number of carbonyl (C=O) groups excluding carboxylic acids is 1. The highest BCUT2D eigenvalue weighted by atomic mass is 35.5. The average molecular weight is 311 g/mol. The van der Waals surface area contributed by atoms with Crippen molar-refractivity contribution in [1.82, 2.24) is 0 Å². The van der Waals surface area contributed by atoms with Crippen molar-refractivity contribution in [2.45, 2.75) is 25.8 Å². The van der Waals surface area contributed by atoms with E-state index in [1.54, 1.807) is 11.3 Å². The minimum atomic E-state index is 0. The van der Waals surface area contributed by atoms with Gasteiger partial charge < -0.3 is 11.1 Å². The van der Waals surface area contributed by atoms with Crippen LogP contribution in [0, 0.1) is 0 Å². The molecule has 1 amide bonds. The molecule has 0 aliphatic rings. The smallest absolute Gasteiger partial charge is 0.224 e. The predicted molar refractivity (Wildman–Crippen MR) is 88.5 cm³/mol. The number of halogens is 1. The van der Waals surface area contributed by atoms with Crippen LogP contribution in [0.1, 0.15) is 19.8 Å². The Labute approximate surface area is 129 Å². The lowest BCUT2D eigenvalue weighted by Gasteiger charge is -2.08. The molecule has 20 heavy (non-hydrogen) atoms. The van der Waals surface area contributed by atoms with Crippen molar-refractivity contribution in [1.29, 1.82) is 0 Å². The van der Waals surface area contributed by atoms with E-state index in [-0.39, 0.29) is 24.4 Å². The number of carbonyl (C=O) groups is 1. The molecule has 108 valence electrons. The molecule has 0 bridgehead atoms. The first-order valence-corrected chi connectivity index (χ1v) is 7.22. The summed E-state index contributed by atoms with van der Waals surface area (Å²) in [5, 5.41) is 4.95. The molecule has 3 N–H and O–H groups in total. The van der Waals surface area contributed by atoms with Crippen LogP contribution in [0.25, 0.3) is 10.4 Å². The van der Waals surface area contributed by atoms with Crippen LogP contribution >= 0.6 is 23.7 Å². The van der Waals surface area contributed by atoms with Crippen molar-refractivity contribution in [3.63, 3.8) is 0 Å². The van der Waals surface area contributed by atoms with Crippen LogP contribution in [0.4, 0.5) is 5.69 Å². The normalized spacial score (nSPS) is 11.5. The average Bonchev–Trinajstić information content (AvgIpc) is 2.90. The number of benzene rings is 1. The number of nitrogens with one attached hydrogen (secondary N) is 1. The third kappa shape index (κ3) is 4.96. The highest BCUT2D eigenvalue weighted by Crippen LogP contribution is 2.26. The topological polar surface area (TPSA) is 55.1 Å². The molecule has 0 aliphatic heterocycles. The Morgan fingerprint density at radius 2 is 2.15 bits per heavy atom. The predicted octanol–water partition coefficient (Wildman–Crippen LogP) is 3.90. The maximum absolute atomic E-state index is 11.8. The monoisotopic (exact) mass is 310 g/mol. The van der Waals surface area contributed by atoms with Gasteiger partial charge in [-0.2, -0.15) is 0 Å². The molecule has 0 radical (unpaired) electrons. The first-order valence-electron chi connectivity index (χ1n) is 6.34. The summed E-state index contributed by atoms with van der Waals surface area (Å²) in [6, 6.07) is 12.1. The Morgan fingerprint density at radius 1 is 1.35 bits per heavy atom. The standard InChI is InChI=1S/C15H18N2OS.ClH/c1-11(16)7-8-15(18)17-13-5-2-4-12(10-13)14-6-3-9-19-14;/h2-6,9-11H,7-8,16H2,1H3,(H,17,18);1H. The number of hydrogen-bond donors (Lipinski definition) is 2. The van der Waals surface area contributed by atoms with E-state index in [1.807, 2.05) is 42.6 Å². The Kier molecular flexibility index (Phi) is 6.71. The number of rotatable bonds is 5. The largest absolute Gasteiger partial charge is 0.328 e. The third-order valence-corrected chi connectivity index (χ3v) is 3.70. The maximum Gasteiger partial charge on any atom is 0.224 e. The van der Waals surface area contributed by atoms with Gasteiger partial charge in [-0.15, -0.1) is 23.7 Å². The van der Waals surface area contributed by atoms with E-state index in [1.165, 1.54) is 4.88 Å². The second kappa shape index (κ2) is 8.04. The Balaban J connectivity index is 0.00000200. The summed E-state index contributed by atoms with van der Waals surface area (Å²) in [5.41, 5.74) is 7.60. The summed E-state index contributed by atoms with van der Waals surface area (Å²) >= 11 is 1.69. The number of hydrogen-bond acceptors (Lipinski definition) is 3. The second-order valence-corrected chi connectivity index (χ2v) is 5.57. The summed E-state index contributed by atoms with van der Waals surface area (Å²) in [6.07, 6.45) is 1.16. The fourth-order valence-electron chi connectivity index (χ4n) is 1.78. The van der Waals surface area contributed by atoms with Crippen LogP contribution in [-0.4, -0.2) is 11.9 Å². The molecule has 1 aromatic carbocycles. The van der Waals surface area contributed by atoms with Gasteiger partial charge in [0.05, 0.1) is 0 Å². The molecule has 1 atom stereocenters. The second-order valence-electron chi connectivity index (χ2n) is 4.62. The molecule has 0 saturated carbocycles. The lowest BCUT2D eigenvalue weighted by atomic mass is 10.1. The quantitative estimate of drug-likeness (QED) is 0.880. The van der Waals surface area contributed by atoms with Gasteiger partial charge in [-0.3, -0.25) is 4.79 Å². The van der Waals surface area contributed by atoms with E-state index in [0.717, 1.165) is 11.3 Å². The van der Waals surface area contributed by atoms with Crippen LogP contribution in [0.15, 0.2) is 41.8 Å². The summed E-state index contributed by atoms with van der Waals surface area (Å²) in [6.45, 7) is 1.91. The molecule has 2 rings (SSSR count). The Hall–Kier alpha value is -1.36. The zero-order valence-electron chi connectivity index (χ0n) is 11.3. The summed E-state index contributed by atoms with van der Waals surface area (Å²) in [4.78, 5) is 13.0. The molecule has 1 aromatic heterocycles. The molecule has 1 heterocycles. The zero-order valence-corrected chi connectivity index (χ0v) is 13.0. The molecule has 0 aliphatic carbocycles. The Morgan fingerprint density at radius 3 is 2.80 bits per heavy atom. The number of anilines is 1. The molecule has 0 saturated heterocycles. The number of amides is 1. The lowest BCUT2D eigenvalue weighted by molar-refractivity contribution is -0.116. The minimum Gasteiger partial charge on any atom is -0.328 e. The molecule has 2 aromatic rings. The highest BCUT2D eigenvalue weighted by Gasteiger charge is 2.05. The summed E-state index contributed by atoms with van der Waals surface area (Å²) in [7, 11) is 0. The summed E-state index contributed by atoms with van der Waals surface area (Å²) < 4.78 is 0. The molecule has 0 spiro atoms. The van der Waals surface area contributed by atoms with E-state index < -0.39 is 0 Å². The number of thiophene rings is 1. The van der Waals surface area contributed by atoms with Gasteiger partial charge in [-0.25, -0.2) is 0 Å². The highest BCUT2D eigenvalue weighted by molar-refractivity contribution is 7.13. The van der Waals surface area contributed by atoms with Crippen LogP contribution in [0.5, 0.6) is 0 Å². The Bertz CT molecular complexity index is 541. The molecule has 0 fully saturated rings. The van der Waals surface area contributed by atoms with Crippen LogP contribution in [-0.2, 0) is 4.79 Å². The SMILES string of the molecule is CC(N)CCC(=O)Nc1cccc(-c2cccs2)c1.Cl. The lowest BCUT2D eigenvalue weighted by Crippen LogP contribution is -2.19. The fourth-order valence-corrected chi connectivity index (χ4v) is 2.50. The van der Waals surface area contributed by atoms with E-state index in [4.69, 9.17) is 5.73 Å². The van der Waals surface area contributed by atoms with Crippen LogP contribution < -0.4 is 11.1 Å². The molecular weight excluding hydrogens is 292 g/mol. The number of nitrogens with two attached hydrogens (primary N) is 1. The van der Waals surface area contributed by atoms with Crippen LogP contribution in [0.3, 0.4) is 0 Å². The maximum atomic E-state index is 11.8. The summed E-state index contributed by atoms with van der Waals surface area (Å²) in [5.74, 6) is 0.0145. The van der Waals surface area contributed by atoms with Gasteiger partial charge >= 0.3 is 0 Å². The molecule has 3 nitrogen and oxygen atoms in total. The van der Waals surface area contributed by atoms with Crippen molar-refractivity contribution < 1.29 is 4.79 Å². The van der Waals surface area contributed by atoms with Gasteiger partial charge in [0.15, 0.2) is 0 Å². The van der Waals surface area contributed by atoms with E-state index in [9.17, 15) is 4.79 Å². The van der Waals surface area contributed by atoms with Crippen LogP contribution in [0.2, 0.25) is 0 Å². The van der Waals surface area contributed by atoms with Gasteiger partial charge in [0.25, 0.3) is 0 Å². The van der Waals surface area contributed by atoms with Crippen molar-refractivity contribution in [3.05, 3.63) is 41.8 Å². The van der Waals surface area contributed by atoms with Gasteiger partial charge in [0, 0.05) is 23.0 Å². The first-order chi connectivity index (χ1) is 9.15. The van der Waals surface area contributed by atoms with E-state index in [2.05, 4.69) is 11.4 Å². The fraction of sp³-hybridized carbons (Fsp3) is 0.267. The molecule has 5 heteroatoms. The van der Waals surface area contributed by atoms with Gasteiger partial charge in [0.2, 0.25) is 5.91 Å². The van der Waals surface area contributed by atoms with Gasteiger partial charge in [-0.05, 0) is 42.5 Å². The van der Waals surface area contributed by atoms with E-state index in [0.29, 0.717) is 12.8 Å². The van der Waals surface area contributed by atoms with Gasteiger partial charge in [-0.1, -0.05) is 18.2 Å². The third-order valence-electron chi connectivity index (χ3n) is 2.78. The van der Waals surface area contributed by atoms with E-state index >= 15 is 0 Å². The van der Waals surface area contributed by atoms with Crippen molar-refractivity contribution in [2.24, 2.45) is 5.73 Å². The van der Waals surface area contributed by atoms with Gasteiger partial charge in [0.1, 0.15) is 0 Å². The van der Waals surface area contributed by atoms with Crippen molar-refractivity contribution >= 4 is 35.3 Å².